The Kier molecular flexibility index (Phi) is 7.19. The molecule has 9 nitrogen and oxygen atoms in total. The molecule has 234 valence electrons. The van der Waals surface area contributed by atoms with Gasteiger partial charge in [-0.2, -0.15) is 0 Å². The lowest BCUT2D eigenvalue weighted by Gasteiger charge is -2.52. The van der Waals surface area contributed by atoms with Gasteiger partial charge < -0.3 is 23.8 Å². The van der Waals surface area contributed by atoms with Crippen LogP contribution >= 0.6 is 23.2 Å². The molecule has 3 aromatic heterocycles. The molecular formula is C34H33Cl2N3O6. The molecule has 9 rings (SSSR count). The maximum absolute atomic E-state index is 11.6. The maximum Gasteiger partial charge on any atom is 0.354 e. The molecule has 11 heteroatoms. The van der Waals surface area contributed by atoms with E-state index in [0.717, 1.165) is 86.7 Å². The Morgan fingerprint density at radius 2 is 1.73 bits per heavy atom. The number of aromatic carboxylic acids is 1. The van der Waals surface area contributed by atoms with E-state index in [1.807, 2.05) is 18.2 Å². The first-order valence-corrected chi connectivity index (χ1v) is 16.5. The molecule has 0 saturated heterocycles. The second kappa shape index (κ2) is 11.1. The largest absolute Gasteiger partial charge is 0.493 e. The molecule has 3 heterocycles. The smallest absolute Gasteiger partial charge is 0.354 e. The lowest BCUT2D eigenvalue weighted by atomic mass is 9.59. The van der Waals surface area contributed by atoms with Crippen LogP contribution in [0.2, 0.25) is 10.0 Å². The van der Waals surface area contributed by atoms with Crippen molar-refractivity contribution >= 4 is 40.1 Å². The van der Waals surface area contributed by atoms with Gasteiger partial charge in [0.1, 0.15) is 23.0 Å². The normalized spacial score (nSPS) is 24.2. The summed E-state index contributed by atoms with van der Waals surface area (Å²) >= 11 is 13.0. The fraction of sp³-hybridized carbons (Fsp3) is 0.471. The van der Waals surface area contributed by atoms with Gasteiger partial charge in [0.15, 0.2) is 5.69 Å². The van der Waals surface area contributed by atoms with Gasteiger partial charge in [-0.15, -0.1) is 0 Å². The zero-order chi connectivity index (χ0) is 30.8. The van der Waals surface area contributed by atoms with E-state index in [1.165, 1.54) is 6.07 Å². The van der Waals surface area contributed by atoms with E-state index in [9.17, 15) is 9.90 Å². The lowest BCUT2D eigenvalue weighted by molar-refractivity contribution is -0.150. The minimum atomic E-state index is -1.07. The summed E-state index contributed by atoms with van der Waals surface area (Å²) in [5, 5.41) is 15.6. The molecule has 5 aliphatic carbocycles. The first-order valence-electron chi connectivity index (χ1n) is 15.7. The van der Waals surface area contributed by atoms with Gasteiger partial charge >= 0.3 is 5.97 Å². The van der Waals surface area contributed by atoms with Crippen molar-refractivity contribution in [2.24, 2.45) is 5.41 Å². The van der Waals surface area contributed by atoms with Gasteiger partial charge in [-0.05, 0) is 82.4 Å². The topological polar surface area (TPSA) is 117 Å². The van der Waals surface area contributed by atoms with E-state index >= 15 is 0 Å². The number of rotatable bonds is 11. The molecule has 5 fully saturated rings. The number of benzene rings is 1. The van der Waals surface area contributed by atoms with E-state index in [2.05, 4.69) is 15.1 Å². The molecule has 1 N–H and O–H groups in total. The first kappa shape index (κ1) is 29.0. The number of carboxylic acid groups (broad SMARTS) is 1. The number of hydrogen-bond donors (Lipinski definition) is 1. The van der Waals surface area contributed by atoms with Crippen molar-refractivity contribution < 1.29 is 28.6 Å². The molecule has 0 aliphatic heterocycles. The summed E-state index contributed by atoms with van der Waals surface area (Å²) in [5.74, 6) is 1.47. The minimum absolute atomic E-state index is 0.0187. The van der Waals surface area contributed by atoms with Crippen LogP contribution in [0.15, 0.2) is 41.2 Å². The Morgan fingerprint density at radius 3 is 2.40 bits per heavy atom. The van der Waals surface area contributed by atoms with Crippen LogP contribution < -0.4 is 9.47 Å². The van der Waals surface area contributed by atoms with E-state index in [-0.39, 0.29) is 22.8 Å². The number of carbonyl (C=O) groups is 1. The van der Waals surface area contributed by atoms with Crippen LogP contribution in [0.3, 0.4) is 0 Å². The molecule has 0 amide bonds. The summed E-state index contributed by atoms with van der Waals surface area (Å²) in [5.41, 5.74) is 2.71. The van der Waals surface area contributed by atoms with Gasteiger partial charge in [-0.3, -0.25) is 4.98 Å². The predicted octanol–water partition coefficient (Wildman–Crippen LogP) is 8.40. The quantitative estimate of drug-likeness (QED) is 0.171. The van der Waals surface area contributed by atoms with E-state index in [4.69, 9.17) is 41.9 Å². The number of hydrogen-bond acceptors (Lipinski definition) is 8. The summed E-state index contributed by atoms with van der Waals surface area (Å²) in [6.45, 7) is 1.03. The highest BCUT2D eigenvalue weighted by Gasteiger charge is 2.50. The average molecular weight is 651 g/mol. The molecule has 0 atom stereocenters. The third-order valence-corrected chi connectivity index (χ3v) is 10.6. The van der Waals surface area contributed by atoms with Crippen LogP contribution in [0.25, 0.3) is 22.2 Å². The van der Waals surface area contributed by atoms with E-state index in [0.29, 0.717) is 51.7 Å². The molecule has 5 aliphatic rings. The fourth-order valence-corrected chi connectivity index (χ4v) is 7.47. The van der Waals surface area contributed by atoms with Gasteiger partial charge in [0.25, 0.3) is 0 Å². The van der Waals surface area contributed by atoms with Crippen LogP contribution in [0, 0.1) is 5.41 Å². The Balaban J connectivity index is 0.949. The average Bonchev–Trinajstić information content (AvgIpc) is 3.99. The number of aromatic nitrogens is 3. The second-order valence-electron chi connectivity index (χ2n) is 13.2. The van der Waals surface area contributed by atoms with E-state index in [1.54, 1.807) is 12.4 Å². The van der Waals surface area contributed by atoms with Gasteiger partial charge in [-0.1, -0.05) is 28.4 Å². The number of pyridine rings is 2. The van der Waals surface area contributed by atoms with Crippen molar-refractivity contribution in [1.29, 1.82) is 0 Å². The predicted molar refractivity (Wildman–Crippen MR) is 167 cm³/mol. The Hall–Kier alpha value is -3.40. The monoisotopic (exact) mass is 649 g/mol. The van der Waals surface area contributed by atoms with Crippen LogP contribution in [-0.2, 0) is 11.3 Å². The minimum Gasteiger partial charge on any atom is -0.493 e. The summed E-state index contributed by atoms with van der Waals surface area (Å²) < 4.78 is 25.1. The number of halogens is 2. The molecule has 45 heavy (non-hydrogen) atoms. The van der Waals surface area contributed by atoms with Crippen LogP contribution in [0.5, 0.6) is 11.5 Å². The highest BCUT2D eigenvalue weighted by Crippen LogP contribution is 2.55. The van der Waals surface area contributed by atoms with Crippen LogP contribution in [0.4, 0.5) is 0 Å². The number of carboxylic acids is 1. The molecular weight excluding hydrogens is 617 g/mol. The summed E-state index contributed by atoms with van der Waals surface area (Å²) in [6.07, 6.45) is 13.4. The van der Waals surface area contributed by atoms with Crippen molar-refractivity contribution in [3.63, 3.8) is 0 Å². The molecule has 0 spiro atoms. The Bertz CT molecular complexity index is 1760. The molecule has 5 saturated carbocycles. The molecule has 0 unspecified atom stereocenters. The van der Waals surface area contributed by atoms with Crippen molar-refractivity contribution in [1.82, 2.24) is 15.1 Å². The van der Waals surface area contributed by atoms with Crippen LogP contribution in [0.1, 0.15) is 91.9 Å². The lowest BCUT2D eigenvalue weighted by Crippen LogP contribution is -2.49. The van der Waals surface area contributed by atoms with Gasteiger partial charge in [0.2, 0.25) is 0 Å². The Labute approximate surface area is 270 Å². The maximum atomic E-state index is 11.6. The van der Waals surface area contributed by atoms with Crippen molar-refractivity contribution in [3.8, 4) is 22.8 Å². The van der Waals surface area contributed by atoms with Gasteiger partial charge in [-0.25, -0.2) is 9.78 Å². The third kappa shape index (κ3) is 5.64. The third-order valence-electron chi connectivity index (χ3n) is 10.0. The Morgan fingerprint density at radius 1 is 1.00 bits per heavy atom. The number of nitrogens with zero attached hydrogens (tertiary/aromatic N) is 3. The number of fused-ring (bicyclic) bond motifs is 4. The zero-order valence-corrected chi connectivity index (χ0v) is 26.2. The van der Waals surface area contributed by atoms with Gasteiger partial charge in [0.05, 0.1) is 40.5 Å². The first-order chi connectivity index (χ1) is 21.8. The van der Waals surface area contributed by atoms with E-state index < -0.39 is 5.97 Å². The van der Waals surface area contributed by atoms with Gasteiger partial charge in [0, 0.05) is 46.3 Å². The van der Waals surface area contributed by atoms with Crippen molar-refractivity contribution in [2.75, 3.05) is 6.61 Å². The SMILES string of the molecule is O=C(O)c1cc(OC2CC2)c2cc(OCC34CCC(OCc5c(-c6c(Cl)cncc6Cl)noc5C5CC5)(CC3)CC4)ccc2n1. The molecule has 0 radical (unpaired) electrons. The number of ether oxygens (including phenoxy) is 3. The standard InChI is InChI=1S/C34H33Cl2N3O6/c35-24-15-37-16-25(36)29(24)30-23(31(45-39-30)19-1-2-19)17-43-34-10-7-33(8-11-34,9-12-34)18-42-21-5-6-26-22(13-21)28(44-20-3-4-20)14-27(38-26)32(40)41/h5-6,13-16,19-20H,1-4,7-12,17-18H2,(H,40,41). The summed E-state index contributed by atoms with van der Waals surface area (Å²) in [7, 11) is 0. The van der Waals surface area contributed by atoms with Crippen molar-refractivity contribution in [3.05, 3.63) is 63.7 Å². The van der Waals surface area contributed by atoms with Crippen molar-refractivity contribution in [2.45, 2.75) is 88.4 Å². The molecule has 2 bridgehead atoms. The summed E-state index contributed by atoms with van der Waals surface area (Å²) in [4.78, 5) is 20.0. The highest BCUT2D eigenvalue weighted by atomic mass is 35.5. The molecule has 4 aromatic rings. The highest BCUT2D eigenvalue weighted by molar-refractivity contribution is 6.38. The zero-order valence-electron chi connectivity index (χ0n) is 24.7. The molecule has 1 aromatic carbocycles. The fourth-order valence-electron chi connectivity index (χ4n) is 6.92. The summed E-state index contributed by atoms with van der Waals surface area (Å²) in [6, 6.07) is 7.13. The second-order valence-corrected chi connectivity index (χ2v) is 14.0. The van der Waals surface area contributed by atoms with Crippen LogP contribution in [-0.4, -0.2) is 44.5 Å².